The van der Waals surface area contributed by atoms with Gasteiger partial charge in [-0.05, 0) is 48.9 Å². The Bertz CT molecular complexity index is 1160. The van der Waals surface area contributed by atoms with Crippen molar-refractivity contribution >= 4 is 52.2 Å². The maximum absolute atomic E-state index is 12.7. The topological polar surface area (TPSA) is 101 Å². The lowest BCUT2D eigenvalue weighted by Gasteiger charge is -2.15. The molecule has 1 atom stereocenters. The first-order chi connectivity index (χ1) is 15.4. The Hall–Kier alpha value is -3.36. The molecule has 0 aliphatic rings. The van der Waals surface area contributed by atoms with E-state index in [0.717, 1.165) is 4.90 Å². The summed E-state index contributed by atoms with van der Waals surface area (Å²) >= 11 is 7.35. The lowest BCUT2D eigenvalue weighted by molar-refractivity contribution is -0.384. The number of non-ortho nitro benzene ring substituents is 1. The molecule has 3 rings (SSSR count). The third kappa shape index (κ3) is 6.32. The standard InChI is InChI=1S/C23H20ClN3O4S/c1-2-21(23(29)26-17-8-4-7-16(24)13-17)32-20-11-5-9-18(14-20)25-22(28)15-6-3-10-19(12-15)27(30)31/h3-14,21H,2H2,1H3,(H,25,28)(H,26,29). The van der Waals surface area contributed by atoms with Crippen molar-refractivity contribution < 1.29 is 14.5 Å². The summed E-state index contributed by atoms with van der Waals surface area (Å²) in [6, 6.07) is 19.6. The second-order valence-corrected chi connectivity index (χ2v) is 8.52. The SMILES string of the molecule is CCC(Sc1cccc(NC(=O)c2cccc([N+](=O)[O-])c2)c1)C(=O)Nc1cccc(Cl)c1. The molecule has 0 radical (unpaired) electrons. The summed E-state index contributed by atoms with van der Waals surface area (Å²) in [7, 11) is 0. The number of hydrogen-bond acceptors (Lipinski definition) is 5. The number of nitro groups is 1. The van der Waals surface area contributed by atoms with Crippen molar-refractivity contribution in [1.29, 1.82) is 0 Å². The number of anilines is 2. The molecule has 164 valence electrons. The van der Waals surface area contributed by atoms with Gasteiger partial charge in [0.05, 0.1) is 10.2 Å². The van der Waals surface area contributed by atoms with Crippen molar-refractivity contribution in [1.82, 2.24) is 0 Å². The summed E-state index contributed by atoms with van der Waals surface area (Å²) in [5.41, 5.74) is 1.18. The molecule has 3 aromatic carbocycles. The molecule has 32 heavy (non-hydrogen) atoms. The Balaban J connectivity index is 1.68. The lowest BCUT2D eigenvalue weighted by atomic mass is 10.2. The van der Waals surface area contributed by atoms with E-state index in [9.17, 15) is 19.7 Å². The number of carbonyl (C=O) groups is 2. The number of amides is 2. The fourth-order valence-corrected chi connectivity index (χ4v) is 4.09. The highest BCUT2D eigenvalue weighted by Crippen LogP contribution is 2.29. The highest BCUT2D eigenvalue weighted by atomic mass is 35.5. The van der Waals surface area contributed by atoms with Crippen LogP contribution in [0.25, 0.3) is 0 Å². The van der Waals surface area contributed by atoms with Gasteiger partial charge in [-0.2, -0.15) is 0 Å². The van der Waals surface area contributed by atoms with Gasteiger partial charge in [0, 0.05) is 39.0 Å². The van der Waals surface area contributed by atoms with Crippen LogP contribution >= 0.6 is 23.4 Å². The Morgan fingerprint density at radius 2 is 1.69 bits per heavy atom. The minimum atomic E-state index is -0.548. The summed E-state index contributed by atoms with van der Waals surface area (Å²) in [6.45, 7) is 1.92. The fraction of sp³-hybridized carbons (Fsp3) is 0.130. The number of hydrogen-bond donors (Lipinski definition) is 2. The van der Waals surface area contributed by atoms with Crippen molar-refractivity contribution in [2.75, 3.05) is 10.6 Å². The zero-order chi connectivity index (χ0) is 23.1. The monoisotopic (exact) mass is 469 g/mol. The molecular weight excluding hydrogens is 450 g/mol. The van der Waals surface area contributed by atoms with Gasteiger partial charge in [0.1, 0.15) is 0 Å². The van der Waals surface area contributed by atoms with E-state index in [2.05, 4.69) is 10.6 Å². The average Bonchev–Trinajstić information content (AvgIpc) is 2.77. The number of nitrogens with one attached hydrogen (secondary N) is 2. The van der Waals surface area contributed by atoms with Crippen LogP contribution in [0.15, 0.2) is 77.7 Å². The molecule has 9 heteroatoms. The molecule has 0 fully saturated rings. The molecule has 0 aliphatic heterocycles. The zero-order valence-electron chi connectivity index (χ0n) is 17.1. The number of benzene rings is 3. The predicted molar refractivity (Wildman–Crippen MR) is 128 cm³/mol. The zero-order valence-corrected chi connectivity index (χ0v) is 18.7. The van der Waals surface area contributed by atoms with Crippen LogP contribution < -0.4 is 10.6 Å². The van der Waals surface area contributed by atoms with Crippen LogP contribution in [0.1, 0.15) is 23.7 Å². The highest BCUT2D eigenvalue weighted by molar-refractivity contribution is 8.00. The fourth-order valence-electron chi connectivity index (χ4n) is 2.89. The molecule has 0 spiro atoms. The van der Waals surface area contributed by atoms with Crippen LogP contribution in [0, 0.1) is 10.1 Å². The maximum atomic E-state index is 12.7. The van der Waals surface area contributed by atoms with Gasteiger partial charge in [0.25, 0.3) is 11.6 Å². The van der Waals surface area contributed by atoms with Gasteiger partial charge < -0.3 is 10.6 Å². The van der Waals surface area contributed by atoms with Gasteiger partial charge >= 0.3 is 0 Å². The molecule has 0 bridgehead atoms. The summed E-state index contributed by atoms with van der Waals surface area (Å²) in [5.74, 6) is -0.604. The van der Waals surface area contributed by atoms with Crippen molar-refractivity contribution in [3.8, 4) is 0 Å². The number of thioether (sulfide) groups is 1. The van der Waals surface area contributed by atoms with E-state index in [1.807, 2.05) is 13.0 Å². The van der Waals surface area contributed by atoms with E-state index in [-0.39, 0.29) is 22.4 Å². The molecule has 2 amide bonds. The van der Waals surface area contributed by atoms with Crippen molar-refractivity contribution in [3.63, 3.8) is 0 Å². The van der Waals surface area contributed by atoms with Crippen LogP contribution in [0.3, 0.4) is 0 Å². The summed E-state index contributed by atoms with van der Waals surface area (Å²) in [6.07, 6.45) is 0.599. The second kappa shape index (κ2) is 10.8. The van der Waals surface area contributed by atoms with Gasteiger partial charge in [-0.15, -0.1) is 11.8 Å². The van der Waals surface area contributed by atoms with Crippen molar-refractivity contribution in [2.45, 2.75) is 23.5 Å². The van der Waals surface area contributed by atoms with Gasteiger partial charge in [-0.3, -0.25) is 19.7 Å². The first kappa shape index (κ1) is 23.3. The van der Waals surface area contributed by atoms with E-state index >= 15 is 0 Å². The van der Waals surface area contributed by atoms with Crippen LogP contribution in [0.5, 0.6) is 0 Å². The quantitative estimate of drug-likeness (QED) is 0.239. The van der Waals surface area contributed by atoms with Gasteiger partial charge in [0.2, 0.25) is 5.91 Å². The van der Waals surface area contributed by atoms with Crippen molar-refractivity contribution in [2.24, 2.45) is 0 Å². The lowest BCUT2D eigenvalue weighted by Crippen LogP contribution is -2.24. The summed E-state index contributed by atoms with van der Waals surface area (Å²) < 4.78 is 0. The van der Waals surface area contributed by atoms with Gasteiger partial charge in [-0.25, -0.2) is 0 Å². The van der Waals surface area contributed by atoms with Crippen LogP contribution in [-0.4, -0.2) is 22.0 Å². The minimum absolute atomic E-state index is 0.147. The molecule has 0 saturated carbocycles. The van der Waals surface area contributed by atoms with Gasteiger partial charge in [-0.1, -0.05) is 36.7 Å². The number of rotatable bonds is 8. The third-order valence-electron chi connectivity index (χ3n) is 4.44. The highest BCUT2D eigenvalue weighted by Gasteiger charge is 2.19. The molecule has 0 heterocycles. The smallest absolute Gasteiger partial charge is 0.270 e. The number of nitro benzene ring substituents is 1. The first-order valence-corrected chi connectivity index (χ1v) is 11.0. The van der Waals surface area contributed by atoms with E-state index < -0.39 is 10.8 Å². The Kier molecular flexibility index (Phi) is 7.86. The van der Waals surface area contributed by atoms with Crippen LogP contribution in [0.2, 0.25) is 5.02 Å². The minimum Gasteiger partial charge on any atom is -0.325 e. The number of halogens is 1. The second-order valence-electron chi connectivity index (χ2n) is 6.80. The van der Waals surface area contributed by atoms with E-state index in [4.69, 9.17) is 11.6 Å². The third-order valence-corrected chi connectivity index (χ3v) is 6.04. The normalized spacial score (nSPS) is 11.4. The molecule has 0 aromatic heterocycles. The van der Waals surface area contributed by atoms with E-state index in [0.29, 0.717) is 22.8 Å². The Labute approximate surface area is 194 Å². The molecule has 2 N–H and O–H groups in total. The molecule has 0 saturated heterocycles. The Morgan fingerprint density at radius 3 is 2.38 bits per heavy atom. The van der Waals surface area contributed by atoms with Crippen molar-refractivity contribution in [3.05, 3.63) is 93.5 Å². The van der Waals surface area contributed by atoms with Crippen LogP contribution in [0.4, 0.5) is 17.1 Å². The number of nitrogens with zero attached hydrogens (tertiary/aromatic N) is 1. The first-order valence-electron chi connectivity index (χ1n) is 9.74. The summed E-state index contributed by atoms with van der Waals surface area (Å²) in [5, 5.41) is 16.7. The predicted octanol–water partition coefficient (Wildman–Crippen LogP) is 6.01. The molecule has 3 aromatic rings. The molecule has 0 aliphatic carbocycles. The molecule has 7 nitrogen and oxygen atoms in total. The van der Waals surface area contributed by atoms with Gasteiger partial charge in [0.15, 0.2) is 0 Å². The van der Waals surface area contributed by atoms with E-state index in [1.54, 1.807) is 42.5 Å². The Morgan fingerprint density at radius 1 is 1.00 bits per heavy atom. The summed E-state index contributed by atoms with van der Waals surface area (Å²) in [4.78, 5) is 36.4. The molecule has 1 unspecified atom stereocenters. The largest absolute Gasteiger partial charge is 0.325 e. The maximum Gasteiger partial charge on any atom is 0.270 e. The number of carbonyl (C=O) groups excluding carboxylic acids is 2. The molecular formula is C23H20ClN3O4S. The van der Waals surface area contributed by atoms with E-state index in [1.165, 1.54) is 36.0 Å². The van der Waals surface area contributed by atoms with Crippen LogP contribution in [-0.2, 0) is 4.79 Å². The average molecular weight is 470 g/mol.